The van der Waals surface area contributed by atoms with Gasteiger partial charge in [0.1, 0.15) is 36.6 Å². The summed E-state index contributed by atoms with van der Waals surface area (Å²) in [6, 6.07) is 71.0. The number of carbonyl (C=O) groups is 4. The molecule has 0 aliphatic carbocycles. The summed E-state index contributed by atoms with van der Waals surface area (Å²) in [7, 11) is 0. The summed E-state index contributed by atoms with van der Waals surface area (Å²) in [5, 5.41) is 11.9. The van der Waals surface area contributed by atoms with Gasteiger partial charge in [-0.2, -0.15) is 0 Å². The van der Waals surface area contributed by atoms with Gasteiger partial charge in [0.2, 0.25) is 0 Å². The molecular formula is C74H72O18. The van der Waals surface area contributed by atoms with E-state index >= 15 is 0 Å². The number of hydrogen-bond donors (Lipinski definition) is 1. The van der Waals surface area contributed by atoms with Crippen LogP contribution in [0.4, 0.5) is 0 Å². The Labute approximate surface area is 533 Å². The molecule has 476 valence electrons. The monoisotopic (exact) mass is 1250 g/mol. The van der Waals surface area contributed by atoms with Gasteiger partial charge in [0.05, 0.1) is 67.5 Å². The van der Waals surface area contributed by atoms with Gasteiger partial charge in [-0.1, -0.05) is 194 Å². The van der Waals surface area contributed by atoms with Gasteiger partial charge < -0.3 is 66.7 Å². The minimum absolute atomic E-state index is 0.00566. The van der Waals surface area contributed by atoms with Crippen LogP contribution < -0.4 is 0 Å². The summed E-state index contributed by atoms with van der Waals surface area (Å²) in [6.07, 6.45) is -21.5. The predicted molar refractivity (Wildman–Crippen MR) is 333 cm³/mol. The number of rotatable bonds is 25. The van der Waals surface area contributed by atoms with Crippen molar-refractivity contribution < 1.29 is 85.9 Å². The van der Waals surface area contributed by atoms with Crippen molar-refractivity contribution in [3.63, 3.8) is 0 Å². The van der Waals surface area contributed by atoms with E-state index in [4.69, 9.17) is 61.6 Å². The number of hydrogen-bond acceptors (Lipinski definition) is 18. The molecule has 11 rings (SSSR count). The number of aliphatic hydroxyl groups excluding tert-OH is 1. The second-order valence-electron chi connectivity index (χ2n) is 22.4. The Morgan fingerprint density at radius 1 is 0.326 bits per heavy atom. The van der Waals surface area contributed by atoms with Gasteiger partial charge in [0.25, 0.3) is 0 Å². The molecule has 0 radical (unpaired) electrons. The Morgan fingerprint density at radius 2 is 0.630 bits per heavy atom. The summed E-state index contributed by atoms with van der Waals surface area (Å²) in [5.41, 5.74) is 3.94. The van der Waals surface area contributed by atoms with Crippen LogP contribution in [0.25, 0.3) is 0 Å². The first kappa shape index (κ1) is 64.8. The van der Waals surface area contributed by atoms with E-state index in [2.05, 4.69) is 0 Å². The van der Waals surface area contributed by atoms with Crippen LogP contribution in [0.1, 0.15) is 77.5 Å². The highest BCUT2D eigenvalue weighted by atomic mass is 16.8. The third-order valence-electron chi connectivity index (χ3n) is 15.9. The van der Waals surface area contributed by atoms with Gasteiger partial charge in [0.15, 0.2) is 43.3 Å². The largest absolute Gasteiger partial charge is 0.453 e. The molecule has 0 aromatic heterocycles. The summed E-state index contributed by atoms with van der Waals surface area (Å²) >= 11 is 0. The van der Waals surface area contributed by atoms with Crippen molar-refractivity contribution in [2.24, 2.45) is 0 Å². The molecule has 15 atom stereocenters. The molecule has 8 aromatic carbocycles. The fourth-order valence-electron chi connectivity index (χ4n) is 11.2. The molecule has 0 unspecified atom stereocenters. The second kappa shape index (κ2) is 32.0. The van der Waals surface area contributed by atoms with Gasteiger partial charge in [-0.05, 0) is 84.6 Å². The normalized spacial score (nSPS) is 26.2. The Kier molecular flexibility index (Phi) is 22.5. The van der Waals surface area contributed by atoms with E-state index in [0.29, 0.717) is 0 Å². The summed E-state index contributed by atoms with van der Waals surface area (Å²) in [5.74, 6) is -3.38. The standard InChI is InChI=1S/C74H72O18/c1-48-59(87-68(75)54-35-19-7-20-36-54)63(65(72(79)84-48)89-70(77)56-39-23-9-24-40-56)91-74-67(90-71(78)57-41-25-10-26-42-57)64(60(49(2)85-74)88-69(76)55-37-21-8-22-38-55)92-73-66(83-46-53-33-17-6-18-34-53)62(82-45-52-31-15-5-16-32-52)61(81-44-51-29-13-4-14-30-51)58(86-73)47-80-43-50-27-11-3-12-28-50/h3-42,48-49,58-67,72-74,79H,43-47H2,1-2H3/t48-,49-,58+,59-,60-,61+,62-,63+,64+,65+,66+,67+,72+,73+,74-/m0/s1. The first-order chi connectivity index (χ1) is 45.0. The first-order valence-corrected chi connectivity index (χ1v) is 30.6. The molecule has 0 saturated carbocycles. The maximum Gasteiger partial charge on any atom is 0.338 e. The van der Waals surface area contributed by atoms with Gasteiger partial charge in [0, 0.05) is 0 Å². The van der Waals surface area contributed by atoms with Crippen LogP contribution >= 0.6 is 0 Å². The molecule has 3 saturated heterocycles. The van der Waals surface area contributed by atoms with E-state index in [0.717, 1.165) is 22.3 Å². The maximum atomic E-state index is 15.0. The fraction of sp³-hybridized carbons (Fsp3) is 0.297. The summed E-state index contributed by atoms with van der Waals surface area (Å²) in [6.45, 7) is 3.48. The number of ether oxygens (including phenoxy) is 13. The molecule has 1 N–H and O–H groups in total. The van der Waals surface area contributed by atoms with Gasteiger partial charge in [-0.15, -0.1) is 0 Å². The minimum atomic E-state index is -1.89. The van der Waals surface area contributed by atoms with Crippen molar-refractivity contribution >= 4 is 23.9 Å². The highest BCUT2D eigenvalue weighted by molar-refractivity contribution is 5.91. The van der Waals surface area contributed by atoms with Gasteiger partial charge >= 0.3 is 23.9 Å². The lowest BCUT2D eigenvalue weighted by atomic mass is 9.95. The molecule has 0 bridgehead atoms. The molecule has 3 fully saturated rings. The Bertz CT molecular complexity index is 3490. The van der Waals surface area contributed by atoms with Gasteiger partial charge in [-0.3, -0.25) is 0 Å². The third-order valence-corrected chi connectivity index (χ3v) is 15.9. The van der Waals surface area contributed by atoms with Crippen LogP contribution in [-0.2, 0) is 88.0 Å². The molecule has 0 spiro atoms. The lowest BCUT2D eigenvalue weighted by Gasteiger charge is -2.50. The molecule has 0 amide bonds. The zero-order valence-corrected chi connectivity index (χ0v) is 50.7. The topological polar surface area (TPSA) is 208 Å². The van der Waals surface area contributed by atoms with Gasteiger partial charge in [-0.25, -0.2) is 19.2 Å². The van der Waals surface area contributed by atoms with Crippen molar-refractivity contribution in [1.29, 1.82) is 0 Å². The molecule has 3 aliphatic heterocycles. The van der Waals surface area contributed by atoms with Crippen molar-refractivity contribution in [2.45, 2.75) is 132 Å². The molecule has 3 aliphatic rings. The molecule has 18 heteroatoms. The average molecular weight is 1250 g/mol. The second-order valence-corrected chi connectivity index (χ2v) is 22.4. The SMILES string of the molecule is C[C@@H]1O[C@@H](O)[C@H](OC(=O)c2ccccc2)[C@H](O[C@@H]2O[C@@H](C)[C@H](OC(=O)c3ccccc3)[C@@H](O[C@H]3O[C@H](COCc4ccccc4)[C@@H](OCc4ccccc4)[C@H](OCc4ccccc4)[C@H]3OCc3ccccc3)[C@H]2OC(=O)c2ccccc2)[C@H]1OC(=O)c1ccccc1. The quantitative estimate of drug-likeness (QED) is 0.0417. The molecule has 3 heterocycles. The third kappa shape index (κ3) is 16.8. The van der Waals surface area contributed by atoms with E-state index in [1.807, 2.05) is 121 Å². The molecule has 8 aromatic rings. The average Bonchev–Trinajstić information content (AvgIpc) is 0.783. The highest BCUT2D eigenvalue weighted by Gasteiger charge is 2.58. The van der Waals surface area contributed by atoms with Crippen molar-refractivity contribution in [2.75, 3.05) is 6.61 Å². The fourth-order valence-corrected chi connectivity index (χ4v) is 11.2. The predicted octanol–water partition coefficient (Wildman–Crippen LogP) is 10.8. The van der Waals surface area contributed by atoms with Crippen molar-refractivity contribution in [3.05, 3.63) is 287 Å². The Morgan fingerprint density at radius 3 is 1.03 bits per heavy atom. The number of benzene rings is 8. The lowest BCUT2D eigenvalue weighted by molar-refractivity contribution is -0.379. The van der Waals surface area contributed by atoms with Crippen LogP contribution in [0.15, 0.2) is 243 Å². The number of esters is 4. The highest BCUT2D eigenvalue weighted by Crippen LogP contribution is 2.39. The van der Waals surface area contributed by atoms with Crippen LogP contribution in [-0.4, -0.2) is 128 Å². The van der Waals surface area contributed by atoms with E-state index in [-0.39, 0.29) is 55.3 Å². The molecule has 18 nitrogen and oxygen atoms in total. The van der Waals surface area contributed by atoms with Crippen LogP contribution in [0.5, 0.6) is 0 Å². The molecule has 92 heavy (non-hydrogen) atoms. The summed E-state index contributed by atoms with van der Waals surface area (Å²) in [4.78, 5) is 57.9. The van der Waals surface area contributed by atoms with Crippen molar-refractivity contribution in [3.8, 4) is 0 Å². The maximum absolute atomic E-state index is 15.0. The minimum Gasteiger partial charge on any atom is -0.453 e. The first-order valence-electron chi connectivity index (χ1n) is 30.6. The van der Waals surface area contributed by atoms with Crippen LogP contribution in [0.2, 0.25) is 0 Å². The Balaban J connectivity index is 1.04. The number of aliphatic hydroxyl groups is 1. The zero-order chi connectivity index (χ0) is 63.6. The van der Waals surface area contributed by atoms with Crippen molar-refractivity contribution in [1.82, 2.24) is 0 Å². The molecular weight excluding hydrogens is 1180 g/mol. The lowest BCUT2D eigenvalue weighted by Crippen LogP contribution is -2.68. The van der Waals surface area contributed by atoms with E-state index in [1.165, 1.54) is 12.1 Å². The zero-order valence-electron chi connectivity index (χ0n) is 50.7. The Hall–Kier alpha value is -8.76. The van der Waals surface area contributed by atoms with E-state index in [9.17, 15) is 24.3 Å². The smallest absolute Gasteiger partial charge is 0.338 e. The number of carbonyl (C=O) groups excluding carboxylic acids is 4. The van der Waals surface area contributed by atoms with E-state index in [1.54, 1.807) is 123 Å². The van der Waals surface area contributed by atoms with E-state index < -0.39 is 116 Å². The van der Waals surface area contributed by atoms with Crippen LogP contribution in [0.3, 0.4) is 0 Å². The van der Waals surface area contributed by atoms with Crippen LogP contribution in [0, 0.1) is 0 Å². The summed E-state index contributed by atoms with van der Waals surface area (Å²) < 4.78 is 87.7.